The number of nitriles is 1. The Hall–Kier alpha value is -7.29. The van der Waals surface area contributed by atoms with Crippen molar-refractivity contribution in [3.05, 3.63) is 175 Å². The molecule has 242 valence electrons. The lowest BCUT2D eigenvalue weighted by atomic mass is 9.99. The van der Waals surface area contributed by atoms with Gasteiger partial charge in [-0.3, -0.25) is 0 Å². The van der Waals surface area contributed by atoms with Gasteiger partial charge in [-0.05, 0) is 77.9 Å². The predicted octanol–water partition coefficient (Wildman–Crippen LogP) is 12.0. The second-order valence-corrected chi connectivity index (χ2v) is 13.0. The van der Waals surface area contributed by atoms with Gasteiger partial charge in [0.25, 0.3) is 0 Å². The van der Waals surface area contributed by atoms with Crippen LogP contribution in [0.25, 0.3) is 94.5 Å². The topological polar surface area (TPSA) is 67.6 Å². The van der Waals surface area contributed by atoms with Crippen molar-refractivity contribution in [2.45, 2.75) is 0 Å². The fourth-order valence-corrected chi connectivity index (χ4v) is 7.36. The molecule has 3 aromatic heterocycles. The number of hydrogen-bond donors (Lipinski definition) is 0. The van der Waals surface area contributed by atoms with Crippen LogP contribution in [0.3, 0.4) is 0 Å². The van der Waals surface area contributed by atoms with Crippen molar-refractivity contribution < 1.29 is 4.42 Å². The van der Waals surface area contributed by atoms with Crippen molar-refractivity contribution >= 4 is 43.7 Å². The van der Waals surface area contributed by atoms with Gasteiger partial charge in [-0.15, -0.1) is 0 Å². The maximum atomic E-state index is 10.2. The maximum Gasteiger partial charge on any atom is 0.160 e. The molecule has 0 bridgehead atoms. The molecular weight excluding hydrogens is 637 g/mol. The summed E-state index contributed by atoms with van der Waals surface area (Å²) in [5.74, 6) is 0.644. The Labute approximate surface area is 299 Å². The highest BCUT2D eigenvalue weighted by molar-refractivity contribution is 6.10. The molecule has 0 saturated heterocycles. The first-order chi connectivity index (χ1) is 25.7. The van der Waals surface area contributed by atoms with E-state index < -0.39 is 0 Å². The lowest BCUT2D eigenvalue weighted by molar-refractivity contribution is 0.669. The Morgan fingerprint density at radius 1 is 0.442 bits per heavy atom. The molecule has 0 spiro atoms. The molecule has 0 saturated carbocycles. The smallest absolute Gasteiger partial charge is 0.160 e. The summed E-state index contributed by atoms with van der Waals surface area (Å²) in [4.78, 5) is 10.1. The molecular formula is C47H28N4O. The molecule has 10 aromatic rings. The second kappa shape index (κ2) is 11.9. The largest absolute Gasteiger partial charge is 0.456 e. The summed E-state index contributed by atoms with van der Waals surface area (Å²) < 4.78 is 8.60. The Kier molecular flexibility index (Phi) is 6.80. The molecule has 0 aliphatic carbocycles. The highest BCUT2D eigenvalue weighted by atomic mass is 16.3. The van der Waals surface area contributed by atoms with Crippen LogP contribution in [-0.2, 0) is 0 Å². The first kappa shape index (κ1) is 29.6. The Morgan fingerprint density at radius 3 is 1.58 bits per heavy atom. The number of para-hydroxylation sites is 2. The van der Waals surface area contributed by atoms with Gasteiger partial charge in [0.05, 0.1) is 34.1 Å². The van der Waals surface area contributed by atoms with Crippen LogP contribution in [0.2, 0.25) is 0 Å². The quantitative estimate of drug-likeness (QED) is 0.184. The van der Waals surface area contributed by atoms with E-state index in [1.165, 1.54) is 10.8 Å². The van der Waals surface area contributed by atoms with Gasteiger partial charge in [-0.2, -0.15) is 5.26 Å². The zero-order valence-electron chi connectivity index (χ0n) is 27.9. The van der Waals surface area contributed by atoms with Gasteiger partial charge in [0.2, 0.25) is 0 Å². The van der Waals surface area contributed by atoms with Crippen molar-refractivity contribution in [1.82, 2.24) is 14.5 Å². The highest BCUT2D eigenvalue weighted by Crippen LogP contribution is 2.38. The summed E-state index contributed by atoms with van der Waals surface area (Å²) in [7, 11) is 0. The van der Waals surface area contributed by atoms with Gasteiger partial charge in [-0.25, -0.2) is 9.97 Å². The van der Waals surface area contributed by atoms with E-state index in [0.717, 1.165) is 77.9 Å². The molecule has 0 aliphatic heterocycles. The Morgan fingerprint density at radius 2 is 0.981 bits per heavy atom. The second-order valence-electron chi connectivity index (χ2n) is 13.0. The minimum absolute atomic E-state index is 0.596. The number of nitrogens with zero attached hydrogens (tertiary/aromatic N) is 4. The average Bonchev–Trinajstić information content (AvgIpc) is 3.76. The van der Waals surface area contributed by atoms with Crippen molar-refractivity contribution in [2.24, 2.45) is 0 Å². The van der Waals surface area contributed by atoms with Crippen LogP contribution < -0.4 is 0 Å². The van der Waals surface area contributed by atoms with Crippen molar-refractivity contribution in [3.8, 4) is 56.8 Å². The van der Waals surface area contributed by atoms with Gasteiger partial charge < -0.3 is 8.98 Å². The molecule has 0 radical (unpaired) electrons. The number of rotatable bonds is 5. The Balaban J connectivity index is 1.12. The van der Waals surface area contributed by atoms with Gasteiger partial charge in [0.1, 0.15) is 11.2 Å². The van der Waals surface area contributed by atoms with E-state index in [4.69, 9.17) is 14.4 Å². The molecule has 5 nitrogen and oxygen atoms in total. The standard InChI is InChI=1S/C47H28N4O/c48-29-30-23-35(25-36(24-30)51-43-17-9-7-15-37(43)38-16-8-10-18-44(38)51)33-19-21-45-39(26-33)40-27-34(20-22-46(40)52-45)47-49-41(31-11-3-1-4-12-31)28-42(50-47)32-13-5-2-6-14-32/h1-28H. The molecule has 0 fully saturated rings. The lowest BCUT2D eigenvalue weighted by Crippen LogP contribution is -1.96. The third-order valence-electron chi connectivity index (χ3n) is 9.81. The summed E-state index contributed by atoms with van der Waals surface area (Å²) in [6.07, 6.45) is 0. The number of benzene rings is 7. The third kappa shape index (κ3) is 4.93. The minimum Gasteiger partial charge on any atom is -0.456 e. The van der Waals surface area contributed by atoms with Gasteiger partial charge in [0.15, 0.2) is 5.82 Å². The molecule has 0 N–H and O–H groups in total. The SMILES string of the molecule is N#Cc1cc(-c2ccc3oc4ccc(-c5nc(-c6ccccc6)cc(-c6ccccc6)n5)cc4c3c2)cc(-n2c3ccccc3c3ccccc32)c1. The molecule has 10 rings (SSSR count). The van der Waals surface area contributed by atoms with Crippen LogP contribution in [-0.4, -0.2) is 14.5 Å². The van der Waals surface area contributed by atoms with E-state index >= 15 is 0 Å². The van der Waals surface area contributed by atoms with E-state index in [9.17, 15) is 5.26 Å². The summed E-state index contributed by atoms with van der Waals surface area (Å²) in [6.45, 7) is 0. The summed E-state index contributed by atoms with van der Waals surface area (Å²) in [5.41, 5.74) is 11.9. The molecule has 0 aliphatic rings. The van der Waals surface area contributed by atoms with Crippen LogP contribution in [0.4, 0.5) is 0 Å². The molecule has 52 heavy (non-hydrogen) atoms. The first-order valence-electron chi connectivity index (χ1n) is 17.2. The normalized spacial score (nSPS) is 11.4. The van der Waals surface area contributed by atoms with Gasteiger partial charge in [0, 0.05) is 43.9 Å². The number of fused-ring (bicyclic) bond motifs is 6. The van der Waals surface area contributed by atoms with E-state index in [1.54, 1.807) is 0 Å². The third-order valence-corrected chi connectivity index (χ3v) is 9.81. The molecule has 5 heteroatoms. The molecule has 0 unspecified atom stereocenters. The maximum absolute atomic E-state index is 10.2. The van der Waals surface area contributed by atoms with Crippen LogP contribution in [0.15, 0.2) is 174 Å². The first-order valence-corrected chi connectivity index (χ1v) is 17.2. The molecule has 3 heterocycles. The van der Waals surface area contributed by atoms with Crippen molar-refractivity contribution in [2.75, 3.05) is 0 Å². The van der Waals surface area contributed by atoms with E-state index in [-0.39, 0.29) is 0 Å². The molecule has 0 amide bonds. The zero-order chi connectivity index (χ0) is 34.6. The number of aromatic nitrogens is 3. The number of hydrogen-bond acceptors (Lipinski definition) is 4. The van der Waals surface area contributed by atoms with Gasteiger partial charge >= 0.3 is 0 Å². The van der Waals surface area contributed by atoms with Crippen molar-refractivity contribution in [3.63, 3.8) is 0 Å². The van der Waals surface area contributed by atoms with E-state index in [1.807, 2.05) is 66.7 Å². The fourth-order valence-electron chi connectivity index (χ4n) is 7.36. The minimum atomic E-state index is 0.596. The molecule has 0 atom stereocenters. The fraction of sp³-hybridized carbons (Fsp3) is 0. The van der Waals surface area contributed by atoms with Gasteiger partial charge in [-0.1, -0.05) is 103 Å². The highest BCUT2D eigenvalue weighted by Gasteiger charge is 2.17. The van der Waals surface area contributed by atoms with Crippen LogP contribution in [0.5, 0.6) is 0 Å². The predicted molar refractivity (Wildman–Crippen MR) is 210 cm³/mol. The van der Waals surface area contributed by atoms with Crippen molar-refractivity contribution in [1.29, 1.82) is 5.26 Å². The summed E-state index contributed by atoms with van der Waals surface area (Å²) in [5, 5.41) is 14.5. The Bertz CT molecular complexity index is 2910. The van der Waals surface area contributed by atoms with E-state index in [2.05, 4.69) is 114 Å². The summed E-state index contributed by atoms with van der Waals surface area (Å²) in [6, 6.07) is 60.2. The number of furan rings is 1. The van der Waals surface area contributed by atoms with E-state index in [0.29, 0.717) is 11.4 Å². The monoisotopic (exact) mass is 664 g/mol. The van der Waals surface area contributed by atoms with Crippen LogP contribution in [0, 0.1) is 11.3 Å². The van der Waals surface area contributed by atoms with Crippen LogP contribution in [0.1, 0.15) is 5.56 Å². The molecule has 7 aromatic carbocycles. The lowest BCUT2D eigenvalue weighted by Gasteiger charge is -2.11. The average molecular weight is 665 g/mol. The summed E-state index contributed by atoms with van der Waals surface area (Å²) >= 11 is 0. The van der Waals surface area contributed by atoms with Crippen LogP contribution >= 0.6 is 0 Å². The zero-order valence-corrected chi connectivity index (χ0v) is 27.9.